The number of anilines is 1. The minimum Gasteiger partial charge on any atom is -0.504 e. The van der Waals surface area contributed by atoms with Gasteiger partial charge >= 0.3 is 0 Å². The van der Waals surface area contributed by atoms with Crippen LogP contribution in [-0.4, -0.2) is 21.8 Å². The summed E-state index contributed by atoms with van der Waals surface area (Å²) in [6, 6.07) is 11.6. The summed E-state index contributed by atoms with van der Waals surface area (Å²) in [6.07, 6.45) is 1.72. The van der Waals surface area contributed by atoms with E-state index in [4.69, 9.17) is 4.74 Å². The van der Waals surface area contributed by atoms with E-state index in [-0.39, 0.29) is 11.6 Å². The van der Waals surface area contributed by atoms with E-state index in [2.05, 4.69) is 10.3 Å². The number of rotatable bonds is 5. The van der Waals surface area contributed by atoms with Gasteiger partial charge in [0.25, 0.3) is 0 Å². The number of ether oxygens (including phenoxy) is 1. The number of hydrogen-bond donors (Lipinski definition) is 2. The summed E-state index contributed by atoms with van der Waals surface area (Å²) in [5, 5.41) is 13.3. The number of benzene rings is 2. The second kappa shape index (κ2) is 6.62. The molecule has 2 aromatic carbocycles. The molecule has 3 rings (SSSR count). The standard InChI is InChI=1S/C18H18FN3O2/c1-22-15(12-6-8-14(19)9-7-12)11-21-18(22)20-10-13-4-3-5-16(24-2)17(13)23/h3-9,11,23H,10H2,1-2H3,(H,20,21). The number of hydrogen-bond acceptors (Lipinski definition) is 4. The van der Waals surface area contributed by atoms with E-state index in [9.17, 15) is 9.50 Å². The number of nitrogens with zero attached hydrogens (tertiary/aromatic N) is 2. The largest absolute Gasteiger partial charge is 0.504 e. The van der Waals surface area contributed by atoms with Gasteiger partial charge in [-0.05, 0) is 30.3 Å². The highest BCUT2D eigenvalue weighted by molar-refractivity contribution is 5.61. The van der Waals surface area contributed by atoms with Gasteiger partial charge in [0.1, 0.15) is 5.82 Å². The lowest BCUT2D eigenvalue weighted by atomic mass is 10.1. The molecule has 24 heavy (non-hydrogen) atoms. The van der Waals surface area contributed by atoms with Crippen LogP contribution < -0.4 is 10.1 Å². The molecule has 0 saturated heterocycles. The second-order valence-electron chi connectivity index (χ2n) is 5.35. The average molecular weight is 327 g/mol. The van der Waals surface area contributed by atoms with Crippen LogP contribution in [0.1, 0.15) is 5.56 Å². The fourth-order valence-electron chi connectivity index (χ4n) is 2.51. The third-order valence-electron chi connectivity index (χ3n) is 3.87. The first kappa shape index (κ1) is 15.9. The number of phenols is 1. The Morgan fingerprint density at radius 2 is 1.96 bits per heavy atom. The van der Waals surface area contributed by atoms with Crippen molar-refractivity contribution in [1.82, 2.24) is 9.55 Å². The smallest absolute Gasteiger partial charge is 0.203 e. The van der Waals surface area contributed by atoms with Crippen LogP contribution in [-0.2, 0) is 13.6 Å². The molecule has 0 fully saturated rings. The van der Waals surface area contributed by atoms with Crippen molar-refractivity contribution in [3.8, 4) is 22.8 Å². The molecule has 2 N–H and O–H groups in total. The predicted molar refractivity (Wildman–Crippen MR) is 90.6 cm³/mol. The van der Waals surface area contributed by atoms with Gasteiger partial charge in [-0.2, -0.15) is 0 Å². The van der Waals surface area contributed by atoms with Crippen LogP contribution in [0.2, 0.25) is 0 Å². The maximum Gasteiger partial charge on any atom is 0.203 e. The first-order chi connectivity index (χ1) is 11.6. The first-order valence-electron chi connectivity index (χ1n) is 7.46. The lowest BCUT2D eigenvalue weighted by Gasteiger charge is -2.11. The van der Waals surface area contributed by atoms with E-state index in [0.717, 1.165) is 11.3 Å². The van der Waals surface area contributed by atoms with E-state index in [1.807, 2.05) is 23.7 Å². The number of phenolic OH excluding ortho intramolecular Hbond substituents is 1. The number of aromatic hydroxyl groups is 1. The number of imidazole rings is 1. The van der Waals surface area contributed by atoms with Crippen LogP contribution in [0.5, 0.6) is 11.5 Å². The molecule has 0 aliphatic carbocycles. The zero-order valence-electron chi connectivity index (χ0n) is 13.5. The van der Waals surface area contributed by atoms with E-state index in [0.29, 0.717) is 23.8 Å². The molecule has 0 saturated carbocycles. The van der Waals surface area contributed by atoms with Gasteiger partial charge in [0.05, 0.1) is 19.0 Å². The highest BCUT2D eigenvalue weighted by Gasteiger charge is 2.11. The third-order valence-corrected chi connectivity index (χ3v) is 3.87. The van der Waals surface area contributed by atoms with E-state index < -0.39 is 0 Å². The Kier molecular flexibility index (Phi) is 4.37. The Labute approximate surface area is 139 Å². The topological polar surface area (TPSA) is 59.3 Å². The lowest BCUT2D eigenvalue weighted by molar-refractivity contribution is 0.371. The maximum absolute atomic E-state index is 13.0. The molecule has 5 nitrogen and oxygen atoms in total. The molecule has 0 bridgehead atoms. The molecule has 1 aromatic heterocycles. The van der Waals surface area contributed by atoms with Gasteiger partial charge in [0.15, 0.2) is 11.5 Å². The number of aromatic nitrogens is 2. The van der Waals surface area contributed by atoms with Gasteiger partial charge < -0.3 is 19.7 Å². The summed E-state index contributed by atoms with van der Waals surface area (Å²) in [6.45, 7) is 0.400. The van der Waals surface area contributed by atoms with Gasteiger partial charge in [-0.3, -0.25) is 0 Å². The summed E-state index contributed by atoms with van der Waals surface area (Å²) in [5.74, 6) is 0.922. The Hall–Kier alpha value is -3.02. The van der Waals surface area contributed by atoms with Gasteiger partial charge in [-0.25, -0.2) is 9.37 Å². The fraction of sp³-hybridized carbons (Fsp3) is 0.167. The second-order valence-corrected chi connectivity index (χ2v) is 5.35. The van der Waals surface area contributed by atoms with Gasteiger partial charge in [-0.15, -0.1) is 0 Å². The van der Waals surface area contributed by atoms with Crippen molar-refractivity contribution in [2.75, 3.05) is 12.4 Å². The minimum absolute atomic E-state index is 0.112. The normalized spacial score (nSPS) is 10.6. The van der Waals surface area contributed by atoms with E-state index in [1.165, 1.54) is 19.2 Å². The molecule has 0 aliphatic heterocycles. The fourth-order valence-corrected chi connectivity index (χ4v) is 2.51. The number of nitrogens with one attached hydrogen (secondary N) is 1. The zero-order chi connectivity index (χ0) is 17.1. The van der Waals surface area contributed by atoms with Crippen molar-refractivity contribution < 1.29 is 14.2 Å². The van der Waals surface area contributed by atoms with Gasteiger partial charge in [0.2, 0.25) is 5.95 Å². The van der Waals surface area contributed by atoms with Crippen molar-refractivity contribution in [1.29, 1.82) is 0 Å². The van der Waals surface area contributed by atoms with Crippen LogP contribution in [0, 0.1) is 5.82 Å². The van der Waals surface area contributed by atoms with Crippen LogP contribution in [0.4, 0.5) is 10.3 Å². The lowest BCUT2D eigenvalue weighted by Crippen LogP contribution is -2.06. The Morgan fingerprint density at radius 1 is 1.21 bits per heavy atom. The average Bonchev–Trinajstić information content (AvgIpc) is 2.95. The first-order valence-corrected chi connectivity index (χ1v) is 7.46. The van der Waals surface area contributed by atoms with E-state index >= 15 is 0 Å². The molecule has 0 atom stereocenters. The van der Waals surface area contributed by atoms with Gasteiger partial charge in [0, 0.05) is 24.7 Å². The Balaban J connectivity index is 1.79. The molecule has 0 unspecified atom stereocenters. The molecule has 1 heterocycles. The van der Waals surface area contributed by atoms with Crippen molar-refractivity contribution in [2.24, 2.45) is 7.05 Å². The van der Waals surface area contributed by atoms with Crippen molar-refractivity contribution >= 4 is 5.95 Å². The van der Waals surface area contributed by atoms with Gasteiger partial charge in [-0.1, -0.05) is 12.1 Å². The summed E-state index contributed by atoms with van der Waals surface area (Å²) in [5.41, 5.74) is 2.46. The molecule has 0 spiro atoms. The SMILES string of the molecule is COc1cccc(CNc2ncc(-c3ccc(F)cc3)n2C)c1O. The zero-order valence-corrected chi connectivity index (χ0v) is 13.5. The third kappa shape index (κ3) is 3.03. The molecule has 0 amide bonds. The molecule has 124 valence electrons. The summed E-state index contributed by atoms with van der Waals surface area (Å²) >= 11 is 0. The summed E-state index contributed by atoms with van der Waals surface area (Å²) < 4.78 is 20.0. The monoisotopic (exact) mass is 327 g/mol. The summed E-state index contributed by atoms with van der Waals surface area (Å²) in [7, 11) is 3.39. The Morgan fingerprint density at radius 3 is 2.67 bits per heavy atom. The number of methoxy groups -OCH3 is 1. The van der Waals surface area contributed by atoms with Crippen molar-refractivity contribution in [3.05, 3.63) is 60.0 Å². The molecule has 0 aliphatic rings. The molecular weight excluding hydrogens is 309 g/mol. The highest BCUT2D eigenvalue weighted by Crippen LogP contribution is 2.30. The van der Waals surface area contributed by atoms with Crippen molar-refractivity contribution in [2.45, 2.75) is 6.54 Å². The predicted octanol–water partition coefficient (Wildman–Crippen LogP) is 3.55. The number of para-hydroxylation sites is 1. The molecule has 3 aromatic rings. The van der Waals surface area contributed by atoms with Crippen LogP contribution in [0.25, 0.3) is 11.3 Å². The van der Waals surface area contributed by atoms with E-state index in [1.54, 1.807) is 24.4 Å². The quantitative estimate of drug-likeness (QED) is 0.752. The molecule has 0 radical (unpaired) electrons. The van der Waals surface area contributed by atoms with Crippen LogP contribution in [0.15, 0.2) is 48.7 Å². The van der Waals surface area contributed by atoms with Crippen LogP contribution in [0.3, 0.4) is 0 Å². The number of halogens is 1. The van der Waals surface area contributed by atoms with Crippen LogP contribution >= 0.6 is 0 Å². The Bertz CT molecular complexity index is 844. The maximum atomic E-state index is 13.0. The molecular formula is C18H18FN3O2. The molecule has 6 heteroatoms. The highest BCUT2D eigenvalue weighted by atomic mass is 19.1. The van der Waals surface area contributed by atoms with Crippen molar-refractivity contribution in [3.63, 3.8) is 0 Å². The minimum atomic E-state index is -0.271. The summed E-state index contributed by atoms with van der Waals surface area (Å²) in [4.78, 5) is 4.35.